The maximum atomic E-state index is 13.0. The summed E-state index contributed by atoms with van der Waals surface area (Å²) < 4.78 is 31.0. The highest BCUT2D eigenvalue weighted by molar-refractivity contribution is 8.00. The Morgan fingerprint density at radius 1 is 1.42 bits per heavy atom. The molecule has 0 aliphatic carbocycles. The average molecular weight is 584 g/mol. The molecule has 4 heterocycles. The third-order valence-corrected chi connectivity index (χ3v) is 7.71. The summed E-state index contributed by atoms with van der Waals surface area (Å²) in [6, 6.07) is 2.15. The Morgan fingerprint density at radius 3 is 2.82 bits per heavy atom. The first-order valence-electron chi connectivity index (χ1n) is 11.0. The number of carbonyl (C=O) groups excluding carboxylic acids is 2. The van der Waals surface area contributed by atoms with E-state index < -0.39 is 39.2 Å². The molecular weight excluding hydrogens is 560 g/mol. The fraction of sp³-hybridized carbons (Fsp3) is 0.350. The number of nitrogens with zero attached hydrogens (tertiary/aromatic N) is 5. The minimum Gasteiger partial charge on any atom is -0.477 e. The van der Waals surface area contributed by atoms with Crippen LogP contribution in [0.5, 0.6) is 0 Å². The molecule has 18 heteroatoms. The molecule has 2 atom stereocenters. The van der Waals surface area contributed by atoms with Crippen molar-refractivity contribution in [2.75, 3.05) is 29.1 Å². The van der Waals surface area contributed by atoms with Crippen LogP contribution in [0.15, 0.2) is 41.0 Å². The van der Waals surface area contributed by atoms with Gasteiger partial charge < -0.3 is 21.0 Å². The Bertz CT molecular complexity index is 1460. The Balaban J connectivity index is 1.53. The van der Waals surface area contributed by atoms with Crippen molar-refractivity contribution in [2.45, 2.75) is 24.9 Å². The van der Waals surface area contributed by atoms with Gasteiger partial charge >= 0.3 is 5.97 Å². The van der Waals surface area contributed by atoms with Crippen molar-refractivity contribution >= 4 is 67.6 Å². The zero-order valence-electron chi connectivity index (χ0n) is 20.0. The van der Waals surface area contributed by atoms with Gasteiger partial charge in [0.05, 0.1) is 6.26 Å². The zero-order valence-corrected chi connectivity index (χ0v) is 22.5. The number of carboxylic acids is 1. The van der Waals surface area contributed by atoms with Gasteiger partial charge in [0.15, 0.2) is 24.1 Å². The van der Waals surface area contributed by atoms with Crippen molar-refractivity contribution in [3.63, 3.8) is 0 Å². The minimum atomic E-state index is -3.50. The number of β-lactam (4-membered cyclic amide) rings is 1. The van der Waals surface area contributed by atoms with Crippen LogP contribution in [0.1, 0.15) is 12.7 Å². The summed E-state index contributed by atoms with van der Waals surface area (Å²) in [6.07, 6.45) is 4.19. The molecule has 1 unspecified atom stereocenters. The van der Waals surface area contributed by atoms with Crippen molar-refractivity contribution in [3.05, 3.63) is 41.6 Å². The first-order valence-corrected chi connectivity index (χ1v) is 14.7. The summed E-state index contributed by atoms with van der Waals surface area (Å²) in [5.74, 6) is -2.48. The average Bonchev–Trinajstić information content (AvgIpc) is 3.27. The van der Waals surface area contributed by atoms with Gasteiger partial charge in [0.2, 0.25) is 21.6 Å². The van der Waals surface area contributed by atoms with E-state index in [1.807, 2.05) is 0 Å². The summed E-state index contributed by atoms with van der Waals surface area (Å²) >= 11 is 2.15. The lowest BCUT2D eigenvalue weighted by Gasteiger charge is -2.49. The molecule has 0 radical (unpaired) electrons. The molecular formula is C20H23N8O7S3+. The van der Waals surface area contributed by atoms with Gasteiger partial charge in [-0.3, -0.25) is 19.2 Å². The van der Waals surface area contributed by atoms with Gasteiger partial charge in [0.25, 0.3) is 11.8 Å². The van der Waals surface area contributed by atoms with Gasteiger partial charge in [-0.1, -0.05) is 5.16 Å². The monoisotopic (exact) mass is 583 g/mol. The lowest BCUT2D eigenvalue weighted by molar-refractivity contribution is -0.688. The maximum Gasteiger partial charge on any atom is 0.352 e. The van der Waals surface area contributed by atoms with Crippen molar-refractivity contribution in [2.24, 2.45) is 5.16 Å². The summed E-state index contributed by atoms with van der Waals surface area (Å²) in [5, 5.41) is 15.7. The molecule has 2 aliphatic rings. The van der Waals surface area contributed by atoms with E-state index in [0.717, 1.165) is 22.7 Å². The number of amides is 2. The number of thioether (sulfide) groups is 1. The molecule has 1 fully saturated rings. The Kier molecular flexibility index (Phi) is 7.83. The van der Waals surface area contributed by atoms with Gasteiger partial charge in [-0.15, -0.1) is 11.8 Å². The van der Waals surface area contributed by atoms with E-state index in [1.54, 1.807) is 29.8 Å². The number of carboxylic acid groups (broad SMARTS) is 1. The number of nitrogens with one attached hydrogen (secondary N) is 2. The topological polar surface area (TPSA) is 210 Å². The Hall–Kier alpha value is -3.77. The molecule has 15 nitrogen and oxygen atoms in total. The van der Waals surface area contributed by atoms with E-state index in [0.29, 0.717) is 11.3 Å². The number of oxime groups is 1. The van der Waals surface area contributed by atoms with E-state index in [-0.39, 0.29) is 41.3 Å². The molecule has 202 valence electrons. The summed E-state index contributed by atoms with van der Waals surface area (Å²) in [4.78, 5) is 48.2. The van der Waals surface area contributed by atoms with E-state index in [9.17, 15) is 27.9 Å². The Morgan fingerprint density at radius 2 is 2.18 bits per heavy atom. The highest BCUT2D eigenvalue weighted by Gasteiger charge is 2.54. The Labute approximate surface area is 225 Å². The second kappa shape index (κ2) is 10.9. The number of anilines is 2. The lowest BCUT2D eigenvalue weighted by atomic mass is 10.0. The summed E-state index contributed by atoms with van der Waals surface area (Å²) in [7, 11) is -3.50. The normalized spacial score (nSPS) is 19.5. The van der Waals surface area contributed by atoms with Gasteiger partial charge in [-0.2, -0.15) is 13.9 Å². The highest BCUT2D eigenvalue weighted by Crippen LogP contribution is 2.40. The maximum absolute atomic E-state index is 13.0. The molecule has 2 aromatic heterocycles. The van der Waals surface area contributed by atoms with Crippen LogP contribution in [0.3, 0.4) is 0 Å². The number of aliphatic carboxylic acids is 1. The molecule has 4 rings (SSSR count). The molecule has 2 aromatic rings. The molecule has 0 aromatic carbocycles. The van der Waals surface area contributed by atoms with Gasteiger partial charge in [-0.05, 0) is 13.0 Å². The smallest absolute Gasteiger partial charge is 0.352 e. The standard InChI is InChI=1S/C20H22N8O7S3/c1-3-35-24-12(15-23-20(21)37-25-15)16(29)22-13-17(30)28-14(19(31)32)10(9-36-18(13)28)7-27-6-4-5-11(8-27)26-38(2,33)34/h4-6,8,13,18,26H,3,7,9H2,1-2H3,(H3-,21,22,23,25,29,31,32)/p+1/t13?,18-/m1/s1. The molecule has 0 saturated carbocycles. The number of aromatic nitrogens is 3. The molecule has 0 spiro atoms. The zero-order chi connectivity index (χ0) is 27.6. The van der Waals surface area contributed by atoms with Crippen LogP contribution >= 0.6 is 23.3 Å². The lowest BCUT2D eigenvalue weighted by Crippen LogP contribution is -2.71. The molecule has 0 bridgehead atoms. The molecule has 2 amide bonds. The van der Waals surface area contributed by atoms with Crippen molar-refractivity contribution in [3.8, 4) is 0 Å². The second-order valence-corrected chi connectivity index (χ2v) is 11.7. The summed E-state index contributed by atoms with van der Waals surface area (Å²) in [5.41, 5.74) is 5.90. The number of hydrogen-bond donors (Lipinski definition) is 4. The van der Waals surface area contributed by atoms with E-state index in [1.165, 1.54) is 18.0 Å². The number of nitrogens with two attached hydrogens (primary N) is 1. The predicted octanol–water partition coefficient (Wildman–Crippen LogP) is -1.04. The number of hydrogen-bond acceptors (Lipinski definition) is 12. The molecule has 5 N–H and O–H groups in total. The van der Waals surface area contributed by atoms with Crippen molar-refractivity contribution < 1.29 is 37.3 Å². The van der Waals surface area contributed by atoms with Crippen LogP contribution in [0.2, 0.25) is 0 Å². The molecule has 1 saturated heterocycles. The van der Waals surface area contributed by atoms with Gasteiger partial charge in [-0.25, -0.2) is 13.2 Å². The first kappa shape index (κ1) is 27.3. The second-order valence-electron chi connectivity index (χ2n) is 8.07. The van der Waals surface area contributed by atoms with Crippen LogP contribution in [-0.4, -0.2) is 81.3 Å². The largest absolute Gasteiger partial charge is 0.477 e. The highest BCUT2D eigenvalue weighted by atomic mass is 32.2. The molecule has 2 aliphatic heterocycles. The van der Waals surface area contributed by atoms with Crippen molar-refractivity contribution in [1.29, 1.82) is 0 Å². The SMILES string of the molecule is CCON=C(C(=O)NC1C(=O)N2C(C(=O)O)=C(C[n+]3cccc(NS(C)(=O)=O)c3)CS[C@H]12)c1nsc(N)n1. The fourth-order valence-electron chi connectivity index (χ4n) is 3.77. The number of sulfonamides is 1. The number of pyridine rings is 1. The number of rotatable bonds is 10. The summed E-state index contributed by atoms with van der Waals surface area (Å²) in [6.45, 7) is 1.94. The van der Waals surface area contributed by atoms with Crippen LogP contribution in [-0.2, 0) is 35.8 Å². The fourth-order valence-corrected chi connectivity index (χ4v) is 6.09. The van der Waals surface area contributed by atoms with Crippen molar-refractivity contribution in [1.82, 2.24) is 19.6 Å². The third-order valence-electron chi connectivity index (χ3n) is 5.22. The number of carbonyl (C=O) groups is 3. The van der Waals surface area contributed by atoms with Gasteiger partial charge in [0, 0.05) is 28.9 Å². The van der Waals surface area contributed by atoms with Crippen LogP contribution in [0.4, 0.5) is 10.8 Å². The van der Waals surface area contributed by atoms with Gasteiger partial charge in [0.1, 0.15) is 29.4 Å². The molecule has 38 heavy (non-hydrogen) atoms. The number of nitrogen functional groups attached to an aromatic ring is 1. The minimum absolute atomic E-state index is 0.0589. The number of fused-ring (bicyclic) bond motifs is 1. The quantitative estimate of drug-likeness (QED) is 0.115. The third kappa shape index (κ3) is 5.86. The van der Waals surface area contributed by atoms with E-state index in [4.69, 9.17) is 10.6 Å². The first-order chi connectivity index (χ1) is 18.0. The van der Waals surface area contributed by atoms with E-state index >= 15 is 0 Å². The van der Waals surface area contributed by atoms with Crippen LogP contribution in [0.25, 0.3) is 0 Å². The van der Waals surface area contributed by atoms with Crippen LogP contribution < -0.4 is 20.3 Å². The van der Waals surface area contributed by atoms with Crippen LogP contribution in [0, 0.1) is 0 Å². The van der Waals surface area contributed by atoms with E-state index in [2.05, 4.69) is 24.6 Å². The predicted molar refractivity (Wildman–Crippen MR) is 137 cm³/mol.